The molecule has 0 bridgehead atoms. The molecule has 0 spiro atoms. The molecule has 0 aromatic carbocycles. The zero-order valence-corrected chi connectivity index (χ0v) is 32.7. The van der Waals surface area contributed by atoms with Gasteiger partial charge in [0, 0.05) is 53.0 Å². The summed E-state index contributed by atoms with van der Waals surface area (Å²) in [6.07, 6.45) is 4.77. The number of nitrogens with zero attached hydrogens (tertiary/aromatic N) is 6. The Morgan fingerprint density at radius 3 is 1.30 bits per heavy atom. The number of anilines is 4. The summed E-state index contributed by atoms with van der Waals surface area (Å²) in [5, 5.41) is 19.2. The molecule has 22 heteroatoms. The summed E-state index contributed by atoms with van der Waals surface area (Å²) in [4.78, 5) is 79.0. The average molecular weight is 781 g/mol. The van der Waals surface area contributed by atoms with Gasteiger partial charge in [-0.3, -0.25) is 20.2 Å². The van der Waals surface area contributed by atoms with Crippen LogP contribution >= 0.6 is 0 Å². The third kappa shape index (κ3) is 14.3. The summed E-state index contributed by atoms with van der Waals surface area (Å²) in [7, 11) is 7.67. The average Bonchev–Trinajstić information content (AvgIpc) is 3.76. The van der Waals surface area contributed by atoms with Crippen molar-refractivity contribution in [2.75, 3.05) is 28.4 Å². The Bertz CT molecular complexity index is 2030. The predicted octanol–water partition coefficient (Wildman–Crippen LogP) is 1.66. The van der Waals surface area contributed by atoms with Gasteiger partial charge in [-0.15, -0.1) is 0 Å². The maximum Gasteiger partial charge on any atom is 1.00 e. The van der Waals surface area contributed by atoms with Crippen LogP contribution in [0.1, 0.15) is 91.2 Å². The minimum atomic E-state index is -1.20. The molecule has 56 heavy (non-hydrogen) atoms. The first kappa shape index (κ1) is 50.0. The molecule has 0 aliphatic heterocycles. The van der Waals surface area contributed by atoms with Crippen LogP contribution in [0.4, 0.5) is 32.6 Å². The van der Waals surface area contributed by atoms with E-state index in [1.54, 1.807) is 79.6 Å². The Kier molecular flexibility index (Phi) is 17.9. The predicted molar refractivity (Wildman–Crippen MR) is 200 cm³/mol. The number of imidazole rings is 2. The van der Waals surface area contributed by atoms with Crippen molar-refractivity contribution < 1.29 is 72.4 Å². The van der Waals surface area contributed by atoms with Gasteiger partial charge in [0.25, 0.3) is 11.8 Å². The molecule has 6 N–H and O–H groups in total. The van der Waals surface area contributed by atoms with Gasteiger partial charge >= 0.3 is 43.0 Å². The number of rotatable bonds is 8. The van der Waals surface area contributed by atoms with E-state index in [4.69, 9.17) is 14.6 Å². The van der Waals surface area contributed by atoms with E-state index in [1.165, 1.54) is 52.4 Å². The van der Waals surface area contributed by atoms with Gasteiger partial charge in [-0.1, -0.05) is 7.43 Å². The monoisotopic (exact) mass is 780 g/mol. The van der Waals surface area contributed by atoms with Crippen LogP contribution in [0.25, 0.3) is 0 Å². The van der Waals surface area contributed by atoms with Crippen molar-refractivity contribution in [1.29, 1.82) is 0 Å². The van der Waals surface area contributed by atoms with Gasteiger partial charge in [0.05, 0.1) is 18.5 Å². The van der Waals surface area contributed by atoms with Crippen molar-refractivity contribution >= 4 is 58.9 Å². The molecule has 0 saturated heterocycles. The molecule has 4 aromatic rings. The van der Waals surface area contributed by atoms with E-state index in [1.807, 2.05) is 0 Å². The maximum atomic E-state index is 12.5. The molecule has 302 valence electrons. The molecule has 4 rings (SSSR count). The van der Waals surface area contributed by atoms with Crippen molar-refractivity contribution in [3.63, 3.8) is 0 Å². The van der Waals surface area contributed by atoms with Gasteiger partial charge in [-0.25, -0.2) is 29.1 Å². The molecule has 0 aliphatic carbocycles. The number of aromatic carboxylic acids is 1. The number of esters is 1. The van der Waals surface area contributed by atoms with Crippen molar-refractivity contribution in [3.8, 4) is 0 Å². The number of methoxy groups -OCH3 is 1. The SMILES string of the molecule is C.COC(=O)c1nc(NC(=O)c2cc(NC(=O)OC(C)(C)C)cn2C)cn1C.Cn1cc(NC(=O)OC(C)(C)C)cc1C(=O)Nc1cn(C)c(C(=O)O)n1.[Li+].[OH-]. The van der Waals surface area contributed by atoms with Crippen LogP contribution in [-0.2, 0) is 42.4 Å². The third-order valence-electron chi connectivity index (χ3n) is 6.56. The van der Waals surface area contributed by atoms with Gasteiger partial charge in [-0.05, 0) is 53.7 Å². The summed E-state index contributed by atoms with van der Waals surface area (Å²) in [5.41, 5.74) is 0.0622. The van der Waals surface area contributed by atoms with E-state index in [-0.39, 0.29) is 66.4 Å². The number of hydrogen-bond acceptors (Lipinski definition) is 12. The standard InChI is InChI=1S/C17H23N5O5.C16H21N5O5.CH4.Li.H2O/c1-17(2,3)27-16(25)18-10-7-11(21(4)8-10)14(23)20-12-9-22(5)13(19-12)15(24)26-6;1-16(2,3)26-15(25)17-9-6-10(20(4)7-9)13(22)19-11-8-21(5)12(18-11)14(23)24;;;/h7-9H,1-6H3,(H,18,25)(H,20,23);6-8H,1-5H3,(H,17,25)(H,19,22)(H,23,24);1H4;;1H2/q;;;+1;/p-1. The van der Waals surface area contributed by atoms with Crippen LogP contribution in [0.3, 0.4) is 0 Å². The van der Waals surface area contributed by atoms with E-state index >= 15 is 0 Å². The van der Waals surface area contributed by atoms with Crippen LogP contribution < -0.4 is 40.1 Å². The topological polar surface area (TPSA) is 274 Å². The fraction of sp³-hybridized carbons (Fsp3) is 0.412. The number of carbonyl (C=O) groups is 6. The van der Waals surface area contributed by atoms with E-state index in [2.05, 4.69) is 36.0 Å². The Hall–Kier alpha value is -6.04. The van der Waals surface area contributed by atoms with Crippen LogP contribution in [-0.4, -0.2) is 93.1 Å². The van der Waals surface area contributed by atoms with Crippen molar-refractivity contribution in [2.45, 2.75) is 60.2 Å². The summed E-state index contributed by atoms with van der Waals surface area (Å²) in [5.74, 6) is -2.59. The summed E-state index contributed by atoms with van der Waals surface area (Å²) >= 11 is 0. The van der Waals surface area contributed by atoms with Gasteiger partial charge in [0.1, 0.15) is 22.6 Å². The summed E-state index contributed by atoms with van der Waals surface area (Å²) < 4.78 is 20.8. The van der Waals surface area contributed by atoms with E-state index in [0.717, 1.165) is 0 Å². The first-order valence-corrected chi connectivity index (χ1v) is 15.8. The van der Waals surface area contributed by atoms with E-state index in [0.29, 0.717) is 11.4 Å². The molecular formula is C34H49LiN10O11. The number of amides is 4. The quantitative estimate of drug-likeness (QED) is 0.0968. The number of ether oxygens (including phenoxy) is 3. The van der Waals surface area contributed by atoms with E-state index < -0.39 is 47.1 Å². The minimum Gasteiger partial charge on any atom is -0.870 e. The minimum absolute atomic E-state index is 0. The number of nitrogens with one attached hydrogen (secondary N) is 4. The number of hydrogen-bond donors (Lipinski definition) is 5. The van der Waals surface area contributed by atoms with Gasteiger partial charge in [-0.2, -0.15) is 0 Å². The summed E-state index contributed by atoms with van der Waals surface area (Å²) in [6, 6.07) is 2.98. The molecule has 4 heterocycles. The number of aryl methyl sites for hydroxylation is 4. The molecule has 0 fully saturated rings. The molecule has 0 atom stereocenters. The number of aromatic nitrogens is 6. The van der Waals surface area contributed by atoms with Crippen LogP contribution in [0, 0.1) is 0 Å². The summed E-state index contributed by atoms with van der Waals surface area (Å²) in [6.45, 7) is 10.5. The normalized spacial score (nSPS) is 10.5. The van der Waals surface area contributed by atoms with Crippen molar-refractivity contribution in [2.24, 2.45) is 28.2 Å². The van der Waals surface area contributed by atoms with Gasteiger partial charge in [0.2, 0.25) is 11.6 Å². The molecule has 0 saturated carbocycles. The molecule has 0 aliphatic rings. The first-order chi connectivity index (χ1) is 24.5. The molecule has 4 amide bonds. The molecular weight excluding hydrogens is 731 g/mol. The van der Waals surface area contributed by atoms with Crippen molar-refractivity contribution in [1.82, 2.24) is 28.2 Å². The Morgan fingerprint density at radius 1 is 0.625 bits per heavy atom. The van der Waals surface area contributed by atoms with Crippen molar-refractivity contribution in [3.05, 3.63) is 60.0 Å². The van der Waals surface area contributed by atoms with Crippen LogP contribution in [0.2, 0.25) is 0 Å². The van der Waals surface area contributed by atoms with Crippen LogP contribution in [0.5, 0.6) is 0 Å². The second-order valence-electron chi connectivity index (χ2n) is 13.5. The second-order valence-corrected chi connectivity index (χ2v) is 13.5. The third-order valence-corrected chi connectivity index (χ3v) is 6.56. The van der Waals surface area contributed by atoms with Gasteiger partial charge < -0.3 is 53.7 Å². The zero-order chi connectivity index (χ0) is 40.0. The Morgan fingerprint density at radius 2 is 0.982 bits per heavy atom. The van der Waals surface area contributed by atoms with Crippen LogP contribution in [0.15, 0.2) is 36.9 Å². The Labute approximate surface area is 335 Å². The fourth-order valence-electron chi connectivity index (χ4n) is 4.45. The molecule has 4 aromatic heterocycles. The first-order valence-electron chi connectivity index (χ1n) is 15.8. The molecule has 0 radical (unpaired) electrons. The van der Waals surface area contributed by atoms with E-state index in [9.17, 15) is 28.8 Å². The molecule has 21 nitrogen and oxygen atoms in total. The molecule has 0 unspecified atom stereocenters. The van der Waals surface area contributed by atoms with Gasteiger partial charge in [0.15, 0.2) is 11.6 Å². The maximum absolute atomic E-state index is 12.5. The number of carbonyl (C=O) groups excluding carboxylic acids is 5. The smallest absolute Gasteiger partial charge is 0.870 e. The Balaban J connectivity index is 0.00000103. The number of carboxylic acid groups (broad SMARTS) is 1. The second kappa shape index (κ2) is 20.0. The fourth-order valence-corrected chi connectivity index (χ4v) is 4.45. The largest absolute Gasteiger partial charge is 1.00 e. The number of carboxylic acids is 1. The zero-order valence-electron chi connectivity index (χ0n) is 32.7.